The van der Waals surface area contributed by atoms with Crippen molar-refractivity contribution in [3.05, 3.63) is 0 Å². The van der Waals surface area contributed by atoms with Gasteiger partial charge in [-0.3, -0.25) is 0 Å². The summed E-state index contributed by atoms with van der Waals surface area (Å²) in [6.45, 7) is 0. The summed E-state index contributed by atoms with van der Waals surface area (Å²) in [5, 5.41) is 6.50. The van der Waals surface area contributed by atoms with Crippen molar-refractivity contribution in [1.82, 2.24) is 0 Å². The molecule has 3 N–H and O–H groups in total. The Hall–Kier alpha value is 0.0849. The minimum absolute atomic E-state index is 2.62. The Labute approximate surface area is 37.1 Å². The molecule has 4 nitrogen and oxygen atoms in total. The van der Waals surface area contributed by atoms with E-state index in [1.54, 1.807) is 0 Å². The Morgan fingerprint density at radius 2 is 1.17 bits per heavy atom. The second-order valence-corrected chi connectivity index (χ2v) is 0.805. The van der Waals surface area contributed by atoms with Crippen LogP contribution in [0.2, 0.25) is 0 Å². The summed E-state index contributed by atoms with van der Waals surface area (Å²) in [5.41, 5.74) is 0. The summed E-state index contributed by atoms with van der Waals surface area (Å²) in [7, 11) is 0.880. The van der Waals surface area contributed by atoms with E-state index in [0.717, 1.165) is 0 Å². The van der Waals surface area contributed by atoms with Crippen LogP contribution in [0.15, 0.2) is 0 Å². The monoisotopic (exact) mass is 107 g/mol. The maximum Gasteiger partial charge on any atom is 0.324 e. The van der Waals surface area contributed by atoms with Crippen LogP contribution >= 0.6 is 8.60 Å². The van der Waals surface area contributed by atoms with E-state index in [9.17, 15) is 0 Å². The van der Waals surface area contributed by atoms with Crippen molar-refractivity contribution >= 4 is 16.1 Å². The molecule has 6 heteroatoms. The normalized spacial score (nSPS) is 6.83. The van der Waals surface area contributed by atoms with E-state index in [-0.39, 0.29) is 0 Å². The molecule has 0 atom stereocenters. The SMILES string of the molecule is B#N.OP(O)O. The van der Waals surface area contributed by atoms with Gasteiger partial charge in [0.2, 0.25) is 0 Å². The molecule has 0 bridgehead atoms. The van der Waals surface area contributed by atoms with Gasteiger partial charge in [0.05, 0.1) is 0 Å². The summed E-state index contributed by atoms with van der Waals surface area (Å²) < 4.78 is 0. The molecule has 0 radical (unpaired) electrons. The molecule has 0 heterocycles. The smallest absolute Gasteiger partial charge is 0.324 e. The molecule has 0 fully saturated rings. The van der Waals surface area contributed by atoms with Crippen LogP contribution in [0.3, 0.4) is 0 Å². The van der Waals surface area contributed by atoms with Crippen molar-refractivity contribution in [2.24, 2.45) is 0 Å². The first kappa shape index (κ1) is 9.43. The average Bonchev–Trinajstić information content (AvgIpc) is 1.41. The van der Waals surface area contributed by atoms with Crippen molar-refractivity contribution in [3.8, 4) is 0 Å². The van der Waals surface area contributed by atoms with E-state index < -0.39 is 8.60 Å². The second kappa shape index (κ2) is 8.92. The topological polar surface area (TPSA) is 84.5 Å². The summed E-state index contributed by atoms with van der Waals surface area (Å²) in [6, 6.07) is 0. The van der Waals surface area contributed by atoms with Crippen LogP contribution in [0.4, 0.5) is 0 Å². The van der Waals surface area contributed by atoms with E-state index in [1.807, 2.05) is 0 Å². The minimum Gasteiger partial charge on any atom is -0.328 e. The molecule has 0 saturated heterocycles. The Morgan fingerprint density at radius 1 is 1.17 bits per heavy atom. The van der Waals surface area contributed by atoms with Gasteiger partial charge in [-0.25, -0.2) is 0 Å². The third-order valence-corrected chi connectivity index (χ3v) is 0. The van der Waals surface area contributed by atoms with E-state index in [1.165, 1.54) is 0 Å². The molecular formula is H3BNO3P. The first-order valence-corrected chi connectivity index (χ1v) is 2.06. The van der Waals surface area contributed by atoms with Crippen LogP contribution in [0, 0.1) is 5.16 Å². The molecule has 0 aromatic heterocycles. The molecular weight excluding hydrogens is 104 g/mol. The van der Waals surface area contributed by atoms with Gasteiger partial charge in [0.15, 0.2) is 0 Å². The first-order valence-electron chi connectivity index (χ1n) is 0.858. The van der Waals surface area contributed by atoms with Crippen LogP contribution in [0.25, 0.3) is 0 Å². The third kappa shape index (κ3) is 5390. The number of hydrogen-bond acceptors (Lipinski definition) is 4. The summed E-state index contributed by atoms with van der Waals surface area (Å²) in [4.78, 5) is 21.7. The van der Waals surface area contributed by atoms with E-state index >= 15 is 0 Å². The standard InChI is InChI=1S/BN.H3O3P/c1-2;1-4(2)3/h;1-3H. The molecule has 0 rings (SSSR count). The molecule has 0 aromatic rings. The molecule has 0 unspecified atom stereocenters. The summed E-state index contributed by atoms with van der Waals surface area (Å²) in [6.07, 6.45) is 0. The average molecular weight is 107 g/mol. The van der Waals surface area contributed by atoms with Gasteiger partial charge in [-0.15, -0.1) is 0 Å². The molecule has 0 aliphatic rings. The van der Waals surface area contributed by atoms with Crippen LogP contribution in [0.5, 0.6) is 0 Å². The molecule has 0 aliphatic heterocycles. The van der Waals surface area contributed by atoms with Gasteiger partial charge in [-0.05, 0) is 0 Å². The van der Waals surface area contributed by atoms with E-state index in [4.69, 9.17) is 19.8 Å². The maximum absolute atomic E-state index is 7.23. The van der Waals surface area contributed by atoms with E-state index in [0.29, 0.717) is 0 Å². The minimum atomic E-state index is -2.62. The Bertz CT molecular complexity index is 32.3. The molecule has 0 aliphatic carbocycles. The van der Waals surface area contributed by atoms with Gasteiger partial charge in [0.1, 0.15) is 0 Å². The molecule has 0 aromatic carbocycles. The van der Waals surface area contributed by atoms with Crippen LogP contribution in [-0.4, -0.2) is 22.2 Å². The zero-order chi connectivity index (χ0) is 5.58. The maximum atomic E-state index is 7.23. The van der Waals surface area contributed by atoms with Crippen molar-refractivity contribution < 1.29 is 14.7 Å². The fourth-order valence-corrected chi connectivity index (χ4v) is 0. The fourth-order valence-electron chi connectivity index (χ4n) is 0. The van der Waals surface area contributed by atoms with Gasteiger partial charge < -0.3 is 14.7 Å². The molecule has 0 amide bonds. The molecule has 0 spiro atoms. The van der Waals surface area contributed by atoms with Crippen molar-refractivity contribution in [1.29, 1.82) is 5.16 Å². The van der Waals surface area contributed by atoms with Crippen LogP contribution < -0.4 is 0 Å². The zero-order valence-corrected chi connectivity index (χ0v) is 3.71. The number of nitrogens with zero attached hydrogens (tertiary/aromatic N) is 1. The number of hydrogen-bond donors (Lipinski definition) is 3. The molecule has 6 heavy (non-hydrogen) atoms. The fraction of sp³-hybridized carbons (Fsp3) is 0. The van der Waals surface area contributed by atoms with Crippen LogP contribution in [-0.2, 0) is 0 Å². The van der Waals surface area contributed by atoms with Crippen molar-refractivity contribution in [3.63, 3.8) is 0 Å². The van der Waals surface area contributed by atoms with Gasteiger partial charge >= 0.3 is 21.3 Å². The Morgan fingerprint density at radius 3 is 1.17 bits per heavy atom. The second-order valence-electron chi connectivity index (χ2n) is 0.268. The summed E-state index contributed by atoms with van der Waals surface area (Å²) >= 11 is 0. The quantitative estimate of drug-likeness (QED) is 0.268. The Balaban J connectivity index is 0. The number of rotatable bonds is 0. The van der Waals surface area contributed by atoms with Gasteiger partial charge in [0.25, 0.3) is 0 Å². The first-order chi connectivity index (χ1) is 2.73. The zero-order valence-electron chi connectivity index (χ0n) is 2.81. The van der Waals surface area contributed by atoms with Gasteiger partial charge in [-0.1, -0.05) is 0 Å². The van der Waals surface area contributed by atoms with Crippen LogP contribution in [0.1, 0.15) is 0 Å². The Kier molecular flexibility index (Phi) is 14.0. The van der Waals surface area contributed by atoms with Crippen molar-refractivity contribution in [2.75, 3.05) is 0 Å². The molecule has 34 valence electrons. The van der Waals surface area contributed by atoms with E-state index in [2.05, 4.69) is 7.49 Å². The predicted molar refractivity (Wildman–Crippen MR) is 21.1 cm³/mol. The van der Waals surface area contributed by atoms with Gasteiger partial charge in [0, 0.05) is 0 Å². The van der Waals surface area contributed by atoms with Crippen molar-refractivity contribution in [2.45, 2.75) is 0 Å². The predicted octanol–water partition coefficient (Wildman–Crippen LogP) is -1.18. The van der Waals surface area contributed by atoms with Gasteiger partial charge in [-0.2, -0.15) is 0 Å². The summed E-state index contributed by atoms with van der Waals surface area (Å²) in [5.74, 6) is 0. The molecule has 0 saturated carbocycles. The third-order valence-electron chi connectivity index (χ3n) is 0. The largest absolute Gasteiger partial charge is 0.328 e.